The molecular formula is C30H41FN8O3. The molecule has 2 aliphatic carbocycles. The molecule has 1 aliphatic heterocycles. The van der Waals surface area contributed by atoms with Gasteiger partial charge in [0.1, 0.15) is 11.3 Å². The van der Waals surface area contributed by atoms with Gasteiger partial charge >= 0.3 is 0 Å². The number of amides is 1. The molecule has 3 aliphatic rings. The maximum absolute atomic E-state index is 14.6. The molecule has 2 aromatic heterocycles. The molecule has 0 radical (unpaired) electrons. The van der Waals surface area contributed by atoms with E-state index in [0.717, 1.165) is 64.5 Å². The van der Waals surface area contributed by atoms with E-state index in [2.05, 4.69) is 25.1 Å². The third-order valence-corrected chi connectivity index (χ3v) is 9.09. The first-order valence-corrected chi connectivity index (χ1v) is 15.3. The first-order chi connectivity index (χ1) is 20.5. The zero-order chi connectivity index (χ0) is 29.1. The fourth-order valence-electron chi connectivity index (χ4n) is 6.65. The van der Waals surface area contributed by atoms with Crippen LogP contribution in [0, 0.1) is 11.7 Å². The Morgan fingerprint density at radius 1 is 0.976 bits per heavy atom. The number of imidazole rings is 1. The molecule has 42 heavy (non-hydrogen) atoms. The SMILES string of the molecule is O=C([C@H]1CC[C@@H](n2c(Nc3ccccc3F)nc3cnc(N[C@H]4CC[C@H](O)CC4)nc32)CC1)N1CCN(CCO)CC1. The second kappa shape index (κ2) is 12.9. The monoisotopic (exact) mass is 580 g/mol. The molecule has 1 saturated heterocycles. The average Bonchev–Trinajstić information content (AvgIpc) is 3.37. The number of halogens is 1. The second-order valence-electron chi connectivity index (χ2n) is 11.9. The number of para-hydroxylation sites is 1. The lowest BCUT2D eigenvalue weighted by Crippen LogP contribution is -2.51. The number of nitrogens with one attached hydrogen (secondary N) is 2. The zero-order valence-corrected chi connectivity index (χ0v) is 24.0. The van der Waals surface area contributed by atoms with Crippen LogP contribution in [0.2, 0.25) is 0 Å². The van der Waals surface area contributed by atoms with Crippen molar-refractivity contribution in [2.75, 3.05) is 50.0 Å². The minimum absolute atomic E-state index is 0.0167. The maximum atomic E-state index is 14.6. The molecule has 0 atom stereocenters. The Morgan fingerprint density at radius 3 is 2.43 bits per heavy atom. The number of carbonyl (C=O) groups is 1. The van der Waals surface area contributed by atoms with E-state index >= 15 is 0 Å². The van der Waals surface area contributed by atoms with Crippen LogP contribution < -0.4 is 10.6 Å². The molecule has 0 unspecified atom stereocenters. The van der Waals surface area contributed by atoms with Gasteiger partial charge in [0.2, 0.25) is 17.8 Å². The number of nitrogens with zero attached hydrogens (tertiary/aromatic N) is 6. The molecule has 3 heterocycles. The largest absolute Gasteiger partial charge is 0.395 e. The Hall–Kier alpha value is -3.35. The number of fused-ring (bicyclic) bond motifs is 1. The van der Waals surface area contributed by atoms with Crippen LogP contribution in [-0.4, -0.2) is 96.9 Å². The van der Waals surface area contributed by atoms with Crippen LogP contribution >= 0.6 is 0 Å². The van der Waals surface area contributed by atoms with E-state index in [-0.39, 0.29) is 42.4 Å². The van der Waals surface area contributed by atoms with Gasteiger partial charge in [0.25, 0.3) is 0 Å². The Bertz CT molecular complexity index is 1360. The number of rotatable bonds is 8. The number of aliphatic hydroxyl groups is 2. The van der Waals surface area contributed by atoms with Crippen molar-refractivity contribution >= 4 is 34.7 Å². The van der Waals surface area contributed by atoms with Crippen molar-refractivity contribution in [3.63, 3.8) is 0 Å². The molecular weight excluding hydrogens is 539 g/mol. The highest BCUT2D eigenvalue weighted by atomic mass is 19.1. The van der Waals surface area contributed by atoms with Gasteiger partial charge in [-0.2, -0.15) is 4.98 Å². The van der Waals surface area contributed by atoms with E-state index in [4.69, 9.17) is 9.97 Å². The number of hydrogen-bond donors (Lipinski definition) is 4. The Balaban J connectivity index is 1.21. The van der Waals surface area contributed by atoms with E-state index in [0.29, 0.717) is 48.4 Å². The molecule has 11 nitrogen and oxygen atoms in total. The number of carbonyl (C=O) groups excluding carboxylic acids is 1. The predicted octanol–water partition coefficient (Wildman–Crippen LogP) is 3.29. The van der Waals surface area contributed by atoms with E-state index in [9.17, 15) is 19.4 Å². The first kappa shape index (κ1) is 28.8. The van der Waals surface area contributed by atoms with Crippen LogP contribution in [0.1, 0.15) is 57.4 Å². The van der Waals surface area contributed by atoms with Crippen LogP contribution in [0.15, 0.2) is 30.5 Å². The molecule has 12 heteroatoms. The topological polar surface area (TPSA) is 132 Å². The van der Waals surface area contributed by atoms with Gasteiger partial charge in [-0.25, -0.2) is 14.4 Å². The fraction of sp³-hybridized carbons (Fsp3) is 0.600. The summed E-state index contributed by atoms with van der Waals surface area (Å²) < 4.78 is 16.7. The normalized spacial score (nSPS) is 25.5. The summed E-state index contributed by atoms with van der Waals surface area (Å²) in [4.78, 5) is 31.7. The average molecular weight is 581 g/mol. The van der Waals surface area contributed by atoms with Crippen molar-refractivity contribution in [3.8, 4) is 0 Å². The van der Waals surface area contributed by atoms with Crippen molar-refractivity contribution < 1.29 is 19.4 Å². The van der Waals surface area contributed by atoms with E-state index in [1.165, 1.54) is 6.07 Å². The molecule has 4 N–H and O–H groups in total. The zero-order valence-electron chi connectivity index (χ0n) is 24.0. The lowest BCUT2D eigenvalue weighted by molar-refractivity contribution is -0.138. The molecule has 3 fully saturated rings. The van der Waals surface area contributed by atoms with Gasteiger partial charge in [0.15, 0.2) is 5.65 Å². The molecule has 2 saturated carbocycles. The summed E-state index contributed by atoms with van der Waals surface area (Å²) in [5, 5.41) is 25.7. The standard InChI is InChI=1S/C30H41FN8O3/c31-24-3-1-2-4-25(24)34-30-35-26-19-32-29(33-21-7-11-23(41)12-8-21)36-27(26)39(30)22-9-5-20(6-10-22)28(42)38-15-13-37(14-16-38)17-18-40/h1-4,19-23,40-41H,5-18H2,(H,34,35)(H,32,33,36)/t20-,21-,22+,23-. The maximum Gasteiger partial charge on any atom is 0.225 e. The van der Waals surface area contributed by atoms with E-state index in [1.807, 2.05) is 4.90 Å². The lowest BCUT2D eigenvalue weighted by Gasteiger charge is -2.38. The predicted molar refractivity (Wildman–Crippen MR) is 158 cm³/mol. The summed E-state index contributed by atoms with van der Waals surface area (Å²) >= 11 is 0. The molecule has 6 rings (SSSR count). The number of piperazine rings is 1. The Kier molecular flexibility index (Phi) is 8.82. The van der Waals surface area contributed by atoms with Gasteiger partial charge in [0, 0.05) is 50.7 Å². The number of aromatic nitrogens is 4. The number of aliphatic hydroxyl groups excluding tert-OH is 2. The number of benzene rings is 1. The molecule has 1 aromatic carbocycles. The summed E-state index contributed by atoms with van der Waals surface area (Å²) in [6.45, 7) is 3.79. The van der Waals surface area contributed by atoms with Crippen molar-refractivity contribution in [1.29, 1.82) is 0 Å². The van der Waals surface area contributed by atoms with Gasteiger partial charge in [-0.3, -0.25) is 14.3 Å². The van der Waals surface area contributed by atoms with Crippen LogP contribution in [0.4, 0.5) is 22.0 Å². The molecule has 1 amide bonds. The van der Waals surface area contributed by atoms with Crippen molar-refractivity contribution in [2.45, 2.75) is 69.6 Å². The van der Waals surface area contributed by atoms with Crippen molar-refractivity contribution in [3.05, 3.63) is 36.3 Å². The smallest absolute Gasteiger partial charge is 0.225 e. The minimum Gasteiger partial charge on any atom is -0.395 e. The van der Waals surface area contributed by atoms with Gasteiger partial charge in [0.05, 0.1) is 24.6 Å². The summed E-state index contributed by atoms with van der Waals surface area (Å²) in [6.07, 6.45) is 7.79. The Morgan fingerprint density at radius 2 is 1.71 bits per heavy atom. The number of anilines is 3. The number of β-amino-alcohol motifs (C(OH)–C–C–N with tert-alkyl or cyclic N) is 1. The summed E-state index contributed by atoms with van der Waals surface area (Å²) in [6, 6.07) is 6.78. The lowest BCUT2D eigenvalue weighted by atomic mass is 9.85. The quantitative estimate of drug-likeness (QED) is 0.317. The summed E-state index contributed by atoms with van der Waals surface area (Å²) in [5.41, 5.74) is 1.64. The first-order valence-electron chi connectivity index (χ1n) is 15.3. The van der Waals surface area contributed by atoms with E-state index in [1.54, 1.807) is 24.4 Å². The highest BCUT2D eigenvalue weighted by Crippen LogP contribution is 2.38. The van der Waals surface area contributed by atoms with Gasteiger partial charge in [-0.05, 0) is 63.5 Å². The molecule has 0 spiro atoms. The Labute approximate surface area is 245 Å². The fourth-order valence-corrected chi connectivity index (χ4v) is 6.65. The van der Waals surface area contributed by atoms with E-state index < -0.39 is 0 Å². The van der Waals surface area contributed by atoms with Gasteiger partial charge < -0.3 is 25.7 Å². The second-order valence-corrected chi connectivity index (χ2v) is 11.9. The molecule has 3 aromatic rings. The summed E-state index contributed by atoms with van der Waals surface area (Å²) in [5.74, 6) is 0.877. The highest BCUT2D eigenvalue weighted by molar-refractivity contribution is 5.79. The molecule has 0 bridgehead atoms. The van der Waals surface area contributed by atoms with Crippen molar-refractivity contribution in [1.82, 2.24) is 29.3 Å². The van der Waals surface area contributed by atoms with Gasteiger partial charge in [-0.15, -0.1) is 0 Å². The van der Waals surface area contributed by atoms with Crippen molar-refractivity contribution in [2.24, 2.45) is 5.92 Å². The number of hydrogen-bond acceptors (Lipinski definition) is 9. The van der Waals surface area contributed by atoms with Crippen LogP contribution in [0.5, 0.6) is 0 Å². The minimum atomic E-state index is -0.363. The van der Waals surface area contributed by atoms with Crippen LogP contribution in [0.25, 0.3) is 11.2 Å². The highest BCUT2D eigenvalue weighted by Gasteiger charge is 2.33. The third kappa shape index (κ3) is 6.35. The third-order valence-electron chi connectivity index (χ3n) is 9.09. The molecule has 226 valence electrons. The summed E-state index contributed by atoms with van der Waals surface area (Å²) in [7, 11) is 0. The van der Waals surface area contributed by atoms with Crippen LogP contribution in [0.3, 0.4) is 0 Å². The van der Waals surface area contributed by atoms with Crippen LogP contribution in [-0.2, 0) is 4.79 Å². The van der Waals surface area contributed by atoms with Gasteiger partial charge in [-0.1, -0.05) is 12.1 Å².